The smallest absolute Gasteiger partial charge is 0.221 e. The van der Waals surface area contributed by atoms with E-state index in [9.17, 15) is 4.79 Å². The first-order valence-electron chi connectivity index (χ1n) is 12.4. The molecule has 5 heteroatoms. The summed E-state index contributed by atoms with van der Waals surface area (Å²) in [7, 11) is -0.829. The summed E-state index contributed by atoms with van der Waals surface area (Å²) in [6.07, 6.45) is 0. The number of nitrogens with zero attached hydrogens (tertiary/aromatic N) is 1. The highest BCUT2D eigenvalue weighted by molar-refractivity contribution is 8.13. The highest BCUT2D eigenvalue weighted by Crippen LogP contribution is 2.50. The summed E-state index contributed by atoms with van der Waals surface area (Å²) in [6.45, 7) is 0. The van der Waals surface area contributed by atoms with Gasteiger partial charge in [0.2, 0.25) is 5.12 Å². The molecular weight excluding hydrogens is 505 g/mol. The number of ether oxygens (including phenoxy) is 1. The zero-order valence-corrected chi connectivity index (χ0v) is 22.8. The number of methoxy groups -OCH3 is 1. The average Bonchev–Trinajstić information content (AvgIpc) is 3.00. The van der Waals surface area contributed by atoms with Crippen molar-refractivity contribution in [3.8, 4) is 5.75 Å². The van der Waals surface area contributed by atoms with Crippen molar-refractivity contribution in [3.05, 3.63) is 151 Å². The molecule has 188 valence electrons. The van der Waals surface area contributed by atoms with Gasteiger partial charge >= 0.3 is 0 Å². The summed E-state index contributed by atoms with van der Waals surface area (Å²) in [6, 6.07) is 46.9. The third-order valence-electron chi connectivity index (χ3n) is 6.30. The molecule has 5 rings (SSSR count). The van der Waals surface area contributed by atoms with Crippen LogP contribution < -0.4 is 20.7 Å². The van der Waals surface area contributed by atoms with E-state index in [0.717, 1.165) is 27.2 Å². The van der Waals surface area contributed by atoms with Crippen LogP contribution in [0.2, 0.25) is 0 Å². The van der Waals surface area contributed by atoms with Crippen LogP contribution >= 0.6 is 18.8 Å². The summed E-state index contributed by atoms with van der Waals surface area (Å²) in [5.41, 5.74) is 2.40. The van der Waals surface area contributed by atoms with Crippen molar-refractivity contribution in [2.45, 2.75) is 5.75 Å². The molecular formula is C33H28NO2PS. The number of carbonyl (C=O) groups excluding carboxylic acids is 1. The van der Waals surface area contributed by atoms with Crippen molar-refractivity contribution in [1.82, 2.24) is 0 Å². The van der Waals surface area contributed by atoms with E-state index in [4.69, 9.17) is 9.48 Å². The Morgan fingerprint density at radius 2 is 1.13 bits per heavy atom. The molecule has 0 amide bonds. The van der Waals surface area contributed by atoms with E-state index in [-0.39, 0.29) is 5.12 Å². The van der Waals surface area contributed by atoms with E-state index in [1.54, 1.807) is 7.11 Å². The Balaban J connectivity index is 1.64. The Kier molecular flexibility index (Phi) is 8.23. The van der Waals surface area contributed by atoms with E-state index < -0.39 is 7.05 Å². The first-order valence-corrected chi connectivity index (χ1v) is 15.1. The summed E-state index contributed by atoms with van der Waals surface area (Å²) in [5, 5.41) is 3.44. The monoisotopic (exact) mass is 533 g/mol. The van der Waals surface area contributed by atoms with Gasteiger partial charge in [0.25, 0.3) is 0 Å². The molecule has 0 spiro atoms. The quantitative estimate of drug-likeness (QED) is 0.193. The van der Waals surface area contributed by atoms with Gasteiger partial charge in [0.1, 0.15) is 5.75 Å². The molecule has 0 saturated carbocycles. The molecule has 0 aromatic heterocycles. The van der Waals surface area contributed by atoms with Crippen LogP contribution in [0, 0.1) is 0 Å². The zero-order chi connectivity index (χ0) is 26.2. The van der Waals surface area contributed by atoms with Crippen molar-refractivity contribution < 1.29 is 9.53 Å². The normalized spacial score (nSPS) is 11.1. The number of hydrogen-bond acceptors (Lipinski definition) is 4. The van der Waals surface area contributed by atoms with Crippen LogP contribution in [0.15, 0.2) is 144 Å². The Morgan fingerprint density at radius 3 is 1.63 bits per heavy atom. The van der Waals surface area contributed by atoms with E-state index in [1.807, 2.05) is 66.7 Å². The van der Waals surface area contributed by atoms with Gasteiger partial charge < -0.3 is 4.74 Å². The minimum atomic E-state index is -2.48. The van der Waals surface area contributed by atoms with Crippen molar-refractivity contribution in [2.24, 2.45) is 4.74 Å². The summed E-state index contributed by atoms with van der Waals surface area (Å²) >= 11 is 1.30. The molecule has 0 atom stereocenters. The third kappa shape index (κ3) is 5.52. The van der Waals surface area contributed by atoms with Crippen molar-refractivity contribution in [2.75, 3.05) is 7.11 Å². The van der Waals surface area contributed by atoms with E-state index in [2.05, 4.69) is 72.8 Å². The van der Waals surface area contributed by atoms with Crippen LogP contribution in [0.25, 0.3) is 0 Å². The highest BCUT2D eigenvalue weighted by atomic mass is 32.2. The molecule has 0 bridgehead atoms. The predicted octanol–water partition coefficient (Wildman–Crippen LogP) is 7.58. The van der Waals surface area contributed by atoms with Crippen LogP contribution in [-0.2, 0) is 5.75 Å². The fourth-order valence-corrected chi connectivity index (χ4v) is 8.76. The SMILES string of the molecule is COc1ccc(CSC(=O)c2ccccc2N=P(c2ccccc2)(c2ccccc2)c2ccccc2)cc1. The van der Waals surface area contributed by atoms with Gasteiger partial charge in [0.15, 0.2) is 0 Å². The van der Waals surface area contributed by atoms with Gasteiger partial charge in [-0.1, -0.05) is 127 Å². The Morgan fingerprint density at radius 1 is 0.658 bits per heavy atom. The zero-order valence-electron chi connectivity index (χ0n) is 21.1. The molecule has 0 radical (unpaired) electrons. The molecule has 3 nitrogen and oxygen atoms in total. The van der Waals surface area contributed by atoms with E-state index in [1.165, 1.54) is 11.8 Å². The predicted molar refractivity (Wildman–Crippen MR) is 162 cm³/mol. The number of carbonyl (C=O) groups is 1. The third-order valence-corrected chi connectivity index (χ3v) is 10.9. The fourth-order valence-electron chi connectivity index (χ4n) is 4.40. The second-order valence-corrected chi connectivity index (χ2v) is 12.7. The Bertz CT molecular complexity index is 1450. The lowest BCUT2D eigenvalue weighted by Crippen LogP contribution is -2.25. The summed E-state index contributed by atoms with van der Waals surface area (Å²) in [5.74, 6) is 1.38. The first kappa shape index (κ1) is 25.8. The Hall–Kier alpha value is -3.85. The lowest BCUT2D eigenvalue weighted by Gasteiger charge is -2.27. The van der Waals surface area contributed by atoms with Gasteiger partial charge in [-0.15, -0.1) is 0 Å². The first-order chi connectivity index (χ1) is 18.7. The van der Waals surface area contributed by atoms with Gasteiger partial charge in [-0.3, -0.25) is 9.54 Å². The summed E-state index contributed by atoms with van der Waals surface area (Å²) in [4.78, 5) is 13.5. The lowest BCUT2D eigenvalue weighted by atomic mass is 10.2. The molecule has 0 heterocycles. The maximum Gasteiger partial charge on any atom is 0.221 e. The number of thioether (sulfide) groups is 1. The van der Waals surface area contributed by atoms with Gasteiger partial charge in [0.05, 0.1) is 25.4 Å². The van der Waals surface area contributed by atoms with Crippen LogP contribution in [0.1, 0.15) is 15.9 Å². The van der Waals surface area contributed by atoms with Crippen molar-refractivity contribution in [3.63, 3.8) is 0 Å². The maximum absolute atomic E-state index is 13.5. The van der Waals surface area contributed by atoms with Gasteiger partial charge in [0, 0.05) is 21.7 Å². The van der Waals surface area contributed by atoms with Gasteiger partial charge in [-0.25, -0.2) is 0 Å². The van der Waals surface area contributed by atoms with Crippen LogP contribution in [0.4, 0.5) is 5.69 Å². The highest BCUT2D eigenvalue weighted by Gasteiger charge is 2.28. The average molecular weight is 534 g/mol. The molecule has 0 N–H and O–H groups in total. The second kappa shape index (κ2) is 12.1. The largest absolute Gasteiger partial charge is 0.497 e. The number of benzene rings is 5. The van der Waals surface area contributed by atoms with Crippen LogP contribution in [0.3, 0.4) is 0 Å². The van der Waals surface area contributed by atoms with E-state index >= 15 is 0 Å². The van der Waals surface area contributed by atoms with Crippen molar-refractivity contribution >= 4 is 45.5 Å². The molecule has 0 aliphatic rings. The molecule has 0 aliphatic heterocycles. The van der Waals surface area contributed by atoms with E-state index in [0.29, 0.717) is 17.0 Å². The minimum Gasteiger partial charge on any atom is -0.497 e. The topological polar surface area (TPSA) is 38.7 Å². The van der Waals surface area contributed by atoms with Crippen LogP contribution in [0.5, 0.6) is 5.75 Å². The van der Waals surface area contributed by atoms with Gasteiger partial charge in [-0.05, 0) is 29.8 Å². The van der Waals surface area contributed by atoms with Gasteiger partial charge in [-0.2, -0.15) is 0 Å². The minimum absolute atomic E-state index is 0.00690. The standard InChI is InChI=1S/C33H28NO2PS/c1-36-27-23-21-26(22-24-27)25-38-33(35)31-19-11-12-20-32(31)34-37(28-13-5-2-6-14-28,29-15-7-3-8-16-29)30-17-9-4-10-18-30/h2-24H,25H2,1H3. The molecule has 5 aromatic carbocycles. The maximum atomic E-state index is 13.5. The van der Waals surface area contributed by atoms with Crippen LogP contribution in [-0.4, -0.2) is 12.2 Å². The fraction of sp³-hybridized carbons (Fsp3) is 0.0606. The lowest BCUT2D eigenvalue weighted by molar-refractivity contribution is 0.108. The molecule has 0 aliphatic carbocycles. The second-order valence-electron chi connectivity index (χ2n) is 8.68. The summed E-state index contributed by atoms with van der Waals surface area (Å²) < 4.78 is 10.8. The number of rotatable bonds is 8. The Labute approximate surface area is 228 Å². The molecule has 0 fully saturated rings. The molecule has 0 unspecified atom stereocenters. The van der Waals surface area contributed by atoms with Crippen molar-refractivity contribution in [1.29, 1.82) is 0 Å². The number of hydrogen-bond donors (Lipinski definition) is 0. The molecule has 0 saturated heterocycles. The molecule has 38 heavy (non-hydrogen) atoms. The molecule has 5 aromatic rings.